The average Bonchev–Trinajstić information content (AvgIpc) is 2.87. The van der Waals surface area contributed by atoms with Crippen molar-refractivity contribution in [3.05, 3.63) is 0 Å². The molecule has 2 rings (SSSR count). The third-order valence-electron chi connectivity index (χ3n) is 4.13. The van der Waals surface area contributed by atoms with Gasteiger partial charge in [0.25, 0.3) is 0 Å². The molecule has 1 fully saturated rings. The highest BCUT2D eigenvalue weighted by atomic mass is 32.2. The lowest BCUT2D eigenvalue weighted by atomic mass is 9.92. The first kappa shape index (κ1) is 12.3. The predicted molar refractivity (Wildman–Crippen MR) is 73.0 cm³/mol. The molecule has 1 atom stereocenters. The zero-order valence-electron chi connectivity index (χ0n) is 10.9. The molecular formula is C13H24N2S. The second-order valence-electron chi connectivity index (χ2n) is 5.92. The van der Waals surface area contributed by atoms with E-state index >= 15 is 0 Å². The highest BCUT2D eigenvalue weighted by molar-refractivity contribution is 8.14. The van der Waals surface area contributed by atoms with Gasteiger partial charge in [0.15, 0.2) is 5.17 Å². The van der Waals surface area contributed by atoms with Crippen LogP contribution in [-0.2, 0) is 0 Å². The van der Waals surface area contributed by atoms with Gasteiger partial charge in [0.05, 0.1) is 6.54 Å². The normalized spacial score (nSPS) is 27.4. The van der Waals surface area contributed by atoms with Gasteiger partial charge in [-0.05, 0) is 30.1 Å². The molecule has 0 bridgehead atoms. The maximum absolute atomic E-state index is 4.60. The monoisotopic (exact) mass is 240 g/mol. The van der Waals surface area contributed by atoms with E-state index in [4.69, 9.17) is 0 Å². The molecule has 1 aliphatic heterocycles. The van der Waals surface area contributed by atoms with Crippen LogP contribution < -0.4 is 5.32 Å². The van der Waals surface area contributed by atoms with Gasteiger partial charge in [-0.15, -0.1) is 0 Å². The van der Waals surface area contributed by atoms with Crippen LogP contribution in [0.2, 0.25) is 0 Å². The Kier molecular flexibility index (Phi) is 3.53. The molecule has 1 heterocycles. The maximum atomic E-state index is 4.60. The van der Waals surface area contributed by atoms with E-state index in [1.807, 2.05) is 11.8 Å². The number of nitrogens with one attached hydrogen (secondary N) is 1. The van der Waals surface area contributed by atoms with E-state index < -0.39 is 0 Å². The lowest BCUT2D eigenvalue weighted by molar-refractivity contribution is 0.358. The summed E-state index contributed by atoms with van der Waals surface area (Å²) >= 11 is 1.94. The van der Waals surface area contributed by atoms with Crippen molar-refractivity contribution in [3.63, 3.8) is 0 Å². The average molecular weight is 240 g/mol. The van der Waals surface area contributed by atoms with Gasteiger partial charge < -0.3 is 5.32 Å². The Labute approximate surface area is 104 Å². The van der Waals surface area contributed by atoms with Crippen molar-refractivity contribution in [2.24, 2.45) is 22.2 Å². The van der Waals surface area contributed by atoms with E-state index in [1.54, 1.807) is 0 Å². The van der Waals surface area contributed by atoms with Crippen LogP contribution in [0.1, 0.15) is 40.5 Å². The molecule has 0 saturated heterocycles. The first-order valence-electron chi connectivity index (χ1n) is 6.48. The molecule has 0 amide bonds. The summed E-state index contributed by atoms with van der Waals surface area (Å²) in [5, 5.41) is 5.44. The van der Waals surface area contributed by atoms with E-state index in [9.17, 15) is 0 Å². The number of thioether (sulfide) groups is 1. The fourth-order valence-electron chi connectivity index (χ4n) is 2.21. The lowest BCUT2D eigenvalue weighted by Crippen LogP contribution is -2.30. The number of hydrogen-bond acceptors (Lipinski definition) is 3. The van der Waals surface area contributed by atoms with Crippen LogP contribution >= 0.6 is 11.8 Å². The van der Waals surface area contributed by atoms with Gasteiger partial charge >= 0.3 is 0 Å². The third-order valence-corrected chi connectivity index (χ3v) is 5.62. The van der Waals surface area contributed by atoms with Crippen LogP contribution in [-0.4, -0.2) is 23.5 Å². The Bertz CT molecular complexity index is 280. The second-order valence-corrected chi connectivity index (χ2v) is 7.14. The first-order valence-corrected chi connectivity index (χ1v) is 7.36. The molecule has 1 aliphatic carbocycles. The molecule has 1 saturated carbocycles. The Morgan fingerprint density at radius 3 is 2.50 bits per heavy atom. The van der Waals surface area contributed by atoms with Crippen molar-refractivity contribution in [2.75, 3.05) is 13.1 Å². The molecule has 0 aromatic rings. The van der Waals surface area contributed by atoms with Gasteiger partial charge in [-0.2, -0.15) is 0 Å². The Balaban J connectivity index is 1.76. The Morgan fingerprint density at radius 1 is 1.38 bits per heavy atom. The van der Waals surface area contributed by atoms with Crippen LogP contribution in [0.3, 0.4) is 0 Å². The van der Waals surface area contributed by atoms with Crippen LogP contribution in [0.15, 0.2) is 4.99 Å². The second kappa shape index (κ2) is 4.59. The molecule has 16 heavy (non-hydrogen) atoms. The van der Waals surface area contributed by atoms with Gasteiger partial charge in [-0.1, -0.05) is 39.5 Å². The number of aliphatic imine (C=N–C) groups is 1. The topological polar surface area (TPSA) is 24.4 Å². The molecule has 3 heteroatoms. The summed E-state index contributed by atoms with van der Waals surface area (Å²) in [5.41, 5.74) is 0.582. The van der Waals surface area contributed by atoms with Gasteiger partial charge in [0.2, 0.25) is 0 Å². The summed E-state index contributed by atoms with van der Waals surface area (Å²) in [6.07, 6.45) is 2.78. The van der Waals surface area contributed by atoms with Crippen LogP contribution in [0, 0.1) is 17.3 Å². The molecule has 0 aromatic heterocycles. The molecule has 2 aliphatic rings. The van der Waals surface area contributed by atoms with Crippen molar-refractivity contribution in [1.82, 2.24) is 5.32 Å². The van der Waals surface area contributed by atoms with Crippen molar-refractivity contribution in [2.45, 2.75) is 45.8 Å². The number of nitrogens with zero attached hydrogens (tertiary/aromatic N) is 1. The Hall–Kier alpha value is -0.180. The third kappa shape index (κ3) is 2.55. The molecule has 0 aromatic carbocycles. The van der Waals surface area contributed by atoms with Crippen LogP contribution in [0.5, 0.6) is 0 Å². The predicted octanol–water partition coefficient (Wildman–Crippen LogP) is 3.14. The molecule has 0 spiro atoms. The number of rotatable bonds is 4. The summed E-state index contributed by atoms with van der Waals surface area (Å²) < 4.78 is 0. The summed E-state index contributed by atoms with van der Waals surface area (Å²) in [4.78, 5) is 4.60. The minimum Gasteiger partial charge on any atom is -0.364 e. The zero-order chi connectivity index (χ0) is 11.8. The van der Waals surface area contributed by atoms with E-state index in [0.717, 1.165) is 24.9 Å². The van der Waals surface area contributed by atoms with Gasteiger partial charge in [-0.3, -0.25) is 4.99 Å². The number of amidine groups is 1. The fourth-order valence-corrected chi connectivity index (χ4v) is 3.22. The highest BCUT2D eigenvalue weighted by Crippen LogP contribution is 2.51. The van der Waals surface area contributed by atoms with Crippen molar-refractivity contribution in [3.8, 4) is 0 Å². The maximum Gasteiger partial charge on any atom is 0.156 e. The van der Waals surface area contributed by atoms with Gasteiger partial charge in [0.1, 0.15) is 0 Å². The molecule has 1 N–H and O–H groups in total. The van der Waals surface area contributed by atoms with Crippen LogP contribution in [0.4, 0.5) is 0 Å². The summed E-state index contributed by atoms with van der Waals surface area (Å²) in [6.45, 7) is 11.4. The summed E-state index contributed by atoms with van der Waals surface area (Å²) in [7, 11) is 0. The molecule has 1 unspecified atom stereocenters. The molecule has 2 nitrogen and oxygen atoms in total. The summed E-state index contributed by atoms with van der Waals surface area (Å²) in [5.74, 6) is 1.53. The summed E-state index contributed by atoms with van der Waals surface area (Å²) in [6, 6.07) is 0. The lowest BCUT2D eigenvalue weighted by Gasteiger charge is -2.20. The standard InChI is InChI=1S/C13H24N2S/c1-9(2)11-7-14-12(16-11)15-8-13(5-6-13)10(3)4/h9-11H,5-8H2,1-4H3,(H,14,15). The van der Waals surface area contributed by atoms with Crippen LogP contribution in [0.25, 0.3) is 0 Å². The van der Waals surface area contributed by atoms with E-state index in [-0.39, 0.29) is 0 Å². The minimum absolute atomic E-state index is 0.582. The molecule has 0 radical (unpaired) electrons. The van der Waals surface area contributed by atoms with Crippen molar-refractivity contribution in [1.29, 1.82) is 0 Å². The van der Waals surface area contributed by atoms with E-state index in [0.29, 0.717) is 10.7 Å². The Morgan fingerprint density at radius 2 is 2.06 bits per heavy atom. The number of hydrogen-bond donors (Lipinski definition) is 1. The SMILES string of the molecule is CC(C)C1CN=C(NCC2(C(C)C)CC2)S1. The van der Waals surface area contributed by atoms with E-state index in [1.165, 1.54) is 18.0 Å². The van der Waals surface area contributed by atoms with Gasteiger partial charge in [0, 0.05) is 11.8 Å². The minimum atomic E-state index is 0.582. The molecule has 92 valence electrons. The molecular weight excluding hydrogens is 216 g/mol. The highest BCUT2D eigenvalue weighted by Gasteiger charge is 2.45. The largest absolute Gasteiger partial charge is 0.364 e. The van der Waals surface area contributed by atoms with Crippen molar-refractivity contribution < 1.29 is 0 Å². The zero-order valence-corrected chi connectivity index (χ0v) is 11.7. The fraction of sp³-hybridized carbons (Fsp3) is 0.923. The quantitative estimate of drug-likeness (QED) is 0.816. The smallest absolute Gasteiger partial charge is 0.156 e. The van der Waals surface area contributed by atoms with Gasteiger partial charge in [-0.25, -0.2) is 0 Å². The van der Waals surface area contributed by atoms with Crippen molar-refractivity contribution >= 4 is 16.9 Å². The van der Waals surface area contributed by atoms with E-state index in [2.05, 4.69) is 38.0 Å². The first-order chi connectivity index (χ1) is 7.53.